The molecule has 4 rings (SSSR count). The number of aliphatic hydroxyl groups is 1. The van der Waals surface area contributed by atoms with Crippen LogP contribution in [-0.2, 0) is 19.1 Å². The minimum atomic E-state index is -2.25. The number of rotatable bonds is 4. The lowest BCUT2D eigenvalue weighted by Crippen LogP contribution is -2.70. The Morgan fingerprint density at radius 3 is 2.59 bits per heavy atom. The van der Waals surface area contributed by atoms with Crippen molar-refractivity contribution in [3.05, 3.63) is 23.8 Å². The van der Waals surface area contributed by atoms with Crippen molar-refractivity contribution in [3.8, 4) is 0 Å². The van der Waals surface area contributed by atoms with E-state index in [1.807, 2.05) is 0 Å². The molecule has 0 saturated heterocycles. The largest absolute Gasteiger partial charge is 0.449 e. The maximum atomic E-state index is 17.3. The number of ether oxygens (including phenoxy) is 1. The molecule has 0 unspecified atom stereocenters. The average molecular weight is 517 g/mol. The van der Waals surface area contributed by atoms with Crippen LogP contribution in [0.5, 0.6) is 0 Å². The predicted octanol–water partition coefficient (Wildman–Crippen LogP) is 4.70. The van der Waals surface area contributed by atoms with Crippen molar-refractivity contribution < 1.29 is 33.0 Å². The molecule has 0 spiro atoms. The van der Waals surface area contributed by atoms with Gasteiger partial charge in [0, 0.05) is 29.1 Å². The first-order valence-electron chi connectivity index (χ1n) is 11.7. The molecule has 3 fully saturated rings. The number of halogens is 3. The molecular weight excluding hydrogens is 486 g/mol. The smallest absolute Gasteiger partial charge is 0.306 e. The molecule has 4 aliphatic rings. The van der Waals surface area contributed by atoms with Gasteiger partial charge in [0.2, 0.25) is 5.12 Å². The fourth-order valence-corrected chi connectivity index (χ4v) is 8.71. The van der Waals surface area contributed by atoms with Gasteiger partial charge in [0.25, 0.3) is 0 Å². The van der Waals surface area contributed by atoms with Crippen molar-refractivity contribution in [2.75, 3.05) is 5.21 Å². The Labute approximate surface area is 207 Å². The summed E-state index contributed by atoms with van der Waals surface area (Å²) in [7, 11) is 0. The SMILES string of the molecule is CCC(=O)O[C@]1(C(=O)SCCl)[C@H](C)C[C@H]2[C@@H]3C[C@@H](F)C4=CC(=O)C=C[C@]4(C)[C@@]3(F)[C@@H](O)C[C@@]21C. The zero-order chi connectivity index (χ0) is 25.3. The van der Waals surface area contributed by atoms with Crippen LogP contribution in [0.1, 0.15) is 53.4 Å². The summed E-state index contributed by atoms with van der Waals surface area (Å²) in [6.07, 6.45) is 0.613. The van der Waals surface area contributed by atoms with Crippen LogP contribution in [0.15, 0.2) is 23.8 Å². The topological polar surface area (TPSA) is 80.7 Å². The van der Waals surface area contributed by atoms with E-state index in [0.717, 1.165) is 17.8 Å². The highest BCUT2D eigenvalue weighted by Crippen LogP contribution is 2.72. The maximum Gasteiger partial charge on any atom is 0.306 e. The summed E-state index contributed by atoms with van der Waals surface area (Å²) >= 11 is 6.69. The van der Waals surface area contributed by atoms with Crippen LogP contribution in [0, 0.1) is 28.6 Å². The molecule has 9 heteroatoms. The number of thioether (sulfide) groups is 1. The van der Waals surface area contributed by atoms with Gasteiger partial charge in [-0.05, 0) is 49.8 Å². The first kappa shape index (κ1) is 25.8. The molecule has 0 bridgehead atoms. The van der Waals surface area contributed by atoms with E-state index in [2.05, 4.69) is 0 Å². The molecule has 0 radical (unpaired) electrons. The number of alkyl halides is 3. The minimum Gasteiger partial charge on any atom is -0.449 e. The molecule has 0 aromatic rings. The second-order valence-corrected chi connectivity index (χ2v) is 12.1. The van der Waals surface area contributed by atoms with Crippen LogP contribution in [0.3, 0.4) is 0 Å². The molecule has 9 atom stereocenters. The Morgan fingerprint density at radius 1 is 1.29 bits per heavy atom. The Balaban J connectivity index is 1.87. The van der Waals surface area contributed by atoms with Gasteiger partial charge in [-0.2, -0.15) is 0 Å². The average Bonchev–Trinajstić information content (AvgIpc) is 2.99. The third-order valence-electron chi connectivity index (χ3n) is 9.22. The fraction of sp³-hybridized carbons (Fsp3) is 0.720. The van der Waals surface area contributed by atoms with Crippen LogP contribution in [0.4, 0.5) is 8.78 Å². The summed E-state index contributed by atoms with van der Waals surface area (Å²) in [5, 5.41) is 11.0. The van der Waals surface area contributed by atoms with E-state index < -0.39 is 69.0 Å². The van der Waals surface area contributed by atoms with E-state index in [-0.39, 0.29) is 30.0 Å². The molecule has 0 aromatic carbocycles. The quantitative estimate of drug-likeness (QED) is 0.431. The minimum absolute atomic E-state index is 0.0462. The van der Waals surface area contributed by atoms with Crippen molar-refractivity contribution in [2.24, 2.45) is 28.6 Å². The molecule has 0 amide bonds. The number of esters is 1. The highest BCUT2D eigenvalue weighted by atomic mass is 35.5. The first-order valence-corrected chi connectivity index (χ1v) is 13.3. The molecule has 3 saturated carbocycles. The van der Waals surface area contributed by atoms with Gasteiger partial charge in [0.15, 0.2) is 17.1 Å². The van der Waals surface area contributed by atoms with Crippen LogP contribution in [0.25, 0.3) is 0 Å². The Bertz CT molecular complexity index is 986. The number of hydrogen-bond acceptors (Lipinski definition) is 6. The Morgan fingerprint density at radius 2 is 1.97 bits per heavy atom. The molecule has 1 N–H and O–H groups in total. The number of aliphatic hydroxyl groups excluding tert-OH is 1. The van der Waals surface area contributed by atoms with Gasteiger partial charge in [-0.25, -0.2) is 8.78 Å². The summed E-state index contributed by atoms with van der Waals surface area (Å²) in [5.41, 5.74) is -6.46. The number of fused-ring (bicyclic) bond motifs is 5. The zero-order valence-corrected chi connectivity index (χ0v) is 21.3. The summed E-state index contributed by atoms with van der Waals surface area (Å²) in [6, 6.07) is 0. The van der Waals surface area contributed by atoms with Crippen molar-refractivity contribution in [3.63, 3.8) is 0 Å². The lowest BCUT2D eigenvalue weighted by Gasteiger charge is -2.63. The van der Waals surface area contributed by atoms with Gasteiger partial charge in [0.1, 0.15) is 6.17 Å². The summed E-state index contributed by atoms with van der Waals surface area (Å²) in [6.45, 7) is 6.69. The summed E-state index contributed by atoms with van der Waals surface area (Å²) < 4.78 is 38.7. The number of ketones is 1. The molecule has 0 aliphatic heterocycles. The molecule has 4 aliphatic carbocycles. The van der Waals surface area contributed by atoms with Gasteiger partial charge < -0.3 is 9.84 Å². The molecular formula is C25H31ClF2O5S. The first-order chi connectivity index (χ1) is 15.8. The van der Waals surface area contributed by atoms with Gasteiger partial charge in [-0.3, -0.25) is 14.4 Å². The van der Waals surface area contributed by atoms with Crippen LogP contribution in [0.2, 0.25) is 0 Å². The van der Waals surface area contributed by atoms with Crippen molar-refractivity contribution in [2.45, 2.75) is 76.9 Å². The van der Waals surface area contributed by atoms with Crippen LogP contribution in [-0.4, -0.2) is 50.7 Å². The van der Waals surface area contributed by atoms with E-state index in [1.54, 1.807) is 20.8 Å². The molecule has 5 nitrogen and oxygen atoms in total. The van der Waals surface area contributed by atoms with Gasteiger partial charge in [0.05, 0.1) is 11.3 Å². The third kappa shape index (κ3) is 3.10. The standard InChI is InChI=1S/C25H31ClF2O5S/c1-5-20(31)33-25(21(32)34-12-26)13(2)8-15-16-10-18(27)17-9-14(29)6-7-22(17,3)24(16,28)19(30)11-23(15,25)4/h6-7,9,13,15-16,18-19,30H,5,8,10-12H2,1-4H3/t13-,15+,16+,18-,19+,22+,23+,24+,25+/m1/s1. The lowest BCUT2D eigenvalue weighted by atomic mass is 9.44. The monoisotopic (exact) mass is 516 g/mol. The fourth-order valence-electron chi connectivity index (χ4n) is 7.63. The zero-order valence-electron chi connectivity index (χ0n) is 19.8. The number of allylic oxidation sites excluding steroid dienone is 4. The molecule has 34 heavy (non-hydrogen) atoms. The van der Waals surface area contributed by atoms with Gasteiger partial charge >= 0.3 is 5.97 Å². The van der Waals surface area contributed by atoms with E-state index in [4.69, 9.17) is 16.3 Å². The van der Waals surface area contributed by atoms with Gasteiger partial charge in [-0.1, -0.05) is 38.6 Å². The molecule has 0 aromatic heterocycles. The van der Waals surface area contributed by atoms with Crippen LogP contribution >= 0.6 is 23.4 Å². The highest BCUT2D eigenvalue weighted by molar-refractivity contribution is 8.14. The van der Waals surface area contributed by atoms with E-state index in [0.29, 0.717) is 6.42 Å². The van der Waals surface area contributed by atoms with Gasteiger partial charge in [-0.15, -0.1) is 11.6 Å². The maximum absolute atomic E-state index is 17.3. The third-order valence-corrected chi connectivity index (χ3v) is 10.2. The summed E-state index contributed by atoms with van der Waals surface area (Å²) in [4.78, 5) is 38.0. The van der Waals surface area contributed by atoms with E-state index in [9.17, 15) is 19.5 Å². The normalized spacial score (nSPS) is 47.4. The predicted molar refractivity (Wildman–Crippen MR) is 126 cm³/mol. The second kappa shape index (κ2) is 8.41. The Kier molecular flexibility index (Phi) is 6.39. The van der Waals surface area contributed by atoms with E-state index >= 15 is 8.78 Å². The lowest BCUT2D eigenvalue weighted by molar-refractivity contribution is -0.228. The van der Waals surface area contributed by atoms with Crippen molar-refractivity contribution >= 4 is 40.2 Å². The molecule has 188 valence electrons. The number of carbonyl (C=O) groups is 3. The van der Waals surface area contributed by atoms with Crippen LogP contribution < -0.4 is 0 Å². The molecule has 0 heterocycles. The highest BCUT2D eigenvalue weighted by Gasteiger charge is 2.78. The van der Waals surface area contributed by atoms with Crippen molar-refractivity contribution in [1.29, 1.82) is 0 Å². The second-order valence-electron chi connectivity index (χ2n) is 10.6. The number of carbonyl (C=O) groups excluding carboxylic acids is 3. The number of hydrogen-bond donors (Lipinski definition) is 1. The summed E-state index contributed by atoms with van der Waals surface area (Å²) in [5.74, 6) is -2.95. The van der Waals surface area contributed by atoms with E-state index in [1.165, 1.54) is 19.1 Å². The van der Waals surface area contributed by atoms with Crippen molar-refractivity contribution in [1.82, 2.24) is 0 Å². The Hall–Kier alpha value is -1.25.